The summed E-state index contributed by atoms with van der Waals surface area (Å²) in [6.07, 6.45) is 5.11. The van der Waals surface area contributed by atoms with Gasteiger partial charge in [-0.05, 0) is 42.5 Å². The molecule has 1 saturated heterocycles. The van der Waals surface area contributed by atoms with Crippen molar-refractivity contribution in [2.45, 2.75) is 0 Å². The van der Waals surface area contributed by atoms with Gasteiger partial charge in [-0.15, -0.1) is 0 Å². The van der Waals surface area contributed by atoms with Gasteiger partial charge in [0.2, 0.25) is 5.95 Å². The van der Waals surface area contributed by atoms with Crippen molar-refractivity contribution in [3.8, 4) is 5.75 Å². The molecule has 29 heavy (non-hydrogen) atoms. The van der Waals surface area contributed by atoms with Gasteiger partial charge in [-0.25, -0.2) is 15.0 Å². The van der Waals surface area contributed by atoms with Gasteiger partial charge in [-0.2, -0.15) is 0 Å². The van der Waals surface area contributed by atoms with Crippen LogP contribution in [-0.4, -0.2) is 59.0 Å². The highest BCUT2D eigenvalue weighted by atomic mass is 16.5. The number of hydrogen-bond acceptors (Lipinski definition) is 7. The summed E-state index contributed by atoms with van der Waals surface area (Å²) in [7, 11) is 1.63. The van der Waals surface area contributed by atoms with Gasteiger partial charge >= 0.3 is 0 Å². The molecule has 8 heteroatoms. The smallest absolute Gasteiger partial charge is 0.254 e. The molecule has 1 aliphatic rings. The number of methoxy groups -OCH3 is 1. The van der Waals surface area contributed by atoms with Crippen molar-refractivity contribution in [1.82, 2.24) is 19.9 Å². The minimum atomic E-state index is -0.00110. The third kappa shape index (κ3) is 4.43. The van der Waals surface area contributed by atoms with Crippen molar-refractivity contribution in [3.05, 3.63) is 66.6 Å². The molecule has 8 nitrogen and oxygen atoms in total. The number of anilines is 3. The van der Waals surface area contributed by atoms with Crippen LogP contribution in [0.25, 0.3) is 0 Å². The Bertz CT molecular complexity index is 956. The molecule has 1 amide bonds. The number of nitrogens with one attached hydrogen (secondary N) is 1. The van der Waals surface area contributed by atoms with Crippen LogP contribution in [0.15, 0.2) is 61.1 Å². The Morgan fingerprint density at radius 1 is 0.966 bits per heavy atom. The summed E-state index contributed by atoms with van der Waals surface area (Å²) < 4.78 is 5.17. The number of aromatic nitrogens is 3. The highest BCUT2D eigenvalue weighted by molar-refractivity contribution is 5.95. The SMILES string of the molecule is COc1ccc(Nc2cc(C(=O)N3CCN(c4ncccn4)CC3)ccn2)cc1. The molecule has 0 aliphatic carbocycles. The van der Waals surface area contributed by atoms with E-state index in [1.807, 2.05) is 29.2 Å². The lowest BCUT2D eigenvalue weighted by Crippen LogP contribution is -2.49. The van der Waals surface area contributed by atoms with Crippen molar-refractivity contribution >= 4 is 23.4 Å². The van der Waals surface area contributed by atoms with Gasteiger partial charge in [-0.3, -0.25) is 4.79 Å². The summed E-state index contributed by atoms with van der Waals surface area (Å²) in [5.74, 6) is 2.11. The van der Waals surface area contributed by atoms with Crippen LogP contribution in [0.5, 0.6) is 5.75 Å². The molecule has 0 spiro atoms. The van der Waals surface area contributed by atoms with Crippen molar-refractivity contribution < 1.29 is 9.53 Å². The van der Waals surface area contributed by atoms with Gasteiger partial charge in [0.1, 0.15) is 11.6 Å². The van der Waals surface area contributed by atoms with Gasteiger partial charge in [0.05, 0.1) is 7.11 Å². The predicted octanol–water partition coefficient (Wildman–Crippen LogP) is 2.59. The Balaban J connectivity index is 1.39. The summed E-state index contributed by atoms with van der Waals surface area (Å²) >= 11 is 0. The minimum absolute atomic E-state index is 0.00110. The fourth-order valence-corrected chi connectivity index (χ4v) is 3.20. The molecule has 1 N–H and O–H groups in total. The number of pyridine rings is 1. The maximum atomic E-state index is 12.9. The molecule has 2 aromatic heterocycles. The van der Waals surface area contributed by atoms with Crippen LogP contribution in [0.3, 0.4) is 0 Å². The first-order chi connectivity index (χ1) is 14.2. The molecular weight excluding hydrogens is 368 g/mol. The highest BCUT2D eigenvalue weighted by Crippen LogP contribution is 2.20. The molecule has 1 fully saturated rings. The summed E-state index contributed by atoms with van der Waals surface area (Å²) in [5, 5.41) is 3.22. The lowest BCUT2D eigenvalue weighted by Gasteiger charge is -2.34. The summed E-state index contributed by atoms with van der Waals surface area (Å²) in [4.78, 5) is 29.8. The van der Waals surface area contributed by atoms with E-state index < -0.39 is 0 Å². The molecule has 0 saturated carbocycles. The number of amides is 1. The van der Waals surface area contributed by atoms with Crippen LogP contribution in [0.1, 0.15) is 10.4 Å². The van der Waals surface area contributed by atoms with E-state index in [1.165, 1.54) is 0 Å². The minimum Gasteiger partial charge on any atom is -0.497 e. The van der Waals surface area contributed by atoms with E-state index >= 15 is 0 Å². The third-order valence-electron chi connectivity index (χ3n) is 4.77. The molecular formula is C21H22N6O2. The number of benzene rings is 1. The lowest BCUT2D eigenvalue weighted by molar-refractivity contribution is 0.0746. The van der Waals surface area contributed by atoms with Crippen molar-refractivity contribution in [2.75, 3.05) is 43.5 Å². The molecule has 0 atom stereocenters. The Kier molecular flexibility index (Phi) is 5.51. The van der Waals surface area contributed by atoms with Gasteiger partial charge < -0.3 is 19.9 Å². The average molecular weight is 390 g/mol. The van der Waals surface area contributed by atoms with Gasteiger partial charge in [0, 0.05) is 56.0 Å². The zero-order valence-electron chi connectivity index (χ0n) is 16.2. The molecule has 0 unspecified atom stereocenters. The van der Waals surface area contributed by atoms with Crippen LogP contribution in [0.4, 0.5) is 17.5 Å². The fourth-order valence-electron chi connectivity index (χ4n) is 3.20. The summed E-state index contributed by atoms with van der Waals surface area (Å²) in [5.41, 5.74) is 1.49. The van der Waals surface area contributed by atoms with E-state index in [2.05, 4.69) is 25.2 Å². The number of rotatable bonds is 5. The third-order valence-corrected chi connectivity index (χ3v) is 4.77. The lowest BCUT2D eigenvalue weighted by atomic mass is 10.2. The van der Waals surface area contributed by atoms with Crippen LogP contribution >= 0.6 is 0 Å². The van der Waals surface area contributed by atoms with Crippen LogP contribution in [0.2, 0.25) is 0 Å². The largest absolute Gasteiger partial charge is 0.497 e. The normalized spacial score (nSPS) is 13.8. The Morgan fingerprint density at radius 2 is 1.69 bits per heavy atom. The van der Waals surface area contributed by atoms with E-state index in [9.17, 15) is 4.79 Å². The molecule has 3 heterocycles. The number of ether oxygens (including phenoxy) is 1. The number of nitrogens with zero attached hydrogens (tertiary/aromatic N) is 5. The molecule has 0 bridgehead atoms. The first-order valence-corrected chi connectivity index (χ1v) is 9.41. The molecule has 148 valence electrons. The van der Waals surface area contributed by atoms with Crippen LogP contribution in [-0.2, 0) is 0 Å². The van der Waals surface area contributed by atoms with E-state index in [0.29, 0.717) is 43.5 Å². The second-order valence-corrected chi connectivity index (χ2v) is 6.61. The highest BCUT2D eigenvalue weighted by Gasteiger charge is 2.23. The Morgan fingerprint density at radius 3 is 2.38 bits per heavy atom. The topological polar surface area (TPSA) is 83.5 Å². The van der Waals surface area contributed by atoms with Crippen LogP contribution in [0, 0.1) is 0 Å². The summed E-state index contributed by atoms with van der Waals surface area (Å²) in [6, 6.07) is 12.9. The Hall–Kier alpha value is -3.68. The maximum absolute atomic E-state index is 12.9. The average Bonchev–Trinajstić information content (AvgIpc) is 2.80. The molecule has 3 aromatic rings. The first kappa shape index (κ1) is 18.7. The van der Waals surface area contributed by atoms with Gasteiger partial charge in [0.25, 0.3) is 5.91 Å². The predicted molar refractivity (Wildman–Crippen MR) is 111 cm³/mol. The van der Waals surface area contributed by atoms with E-state index in [-0.39, 0.29) is 5.91 Å². The van der Waals surface area contributed by atoms with E-state index in [4.69, 9.17) is 4.74 Å². The van der Waals surface area contributed by atoms with Crippen molar-refractivity contribution in [1.29, 1.82) is 0 Å². The molecule has 4 rings (SSSR count). The fraction of sp³-hybridized carbons (Fsp3) is 0.238. The maximum Gasteiger partial charge on any atom is 0.254 e. The van der Waals surface area contributed by atoms with E-state index in [0.717, 1.165) is 11.4 Å². The second-order valence-electron chi connectivity index (χ2n) is 6.61. The monoisotopic (exact) mass is 390 g/mol. The Labute approximate surface area is 169 Å². The van der Waals surface area contributed by atoms with Crippen molar-refractivity contribution in [2.24, 2.45) is 0 Å². The molecule has 1 aromatic carbocycles. The van der Waals surface area contributed by atoms with Crippen LogP contribution < -0.4 is 15.0 Å². The van der Waals surface area contributed by atoms with Gasteiger partial charge in [-0.1, -0.05) is 0 Å². The van der Waals surface area contributed by atoms with Crippen molar-refractivity contribution in [3.63, 3.8) is 0 Å². The zero-order valence-corrected chi connectivity index (χ0v) is 16.2. The summed E-state index contributed by atoms with van der Waals surface area (Å²) in [6.45, 7) is 2.66. The van der Waals surface area contributed by atoms with Gasteiger partial charge in [0.15, 0.2) is 0 Å². The number of carbonyl (C=O) groups is 1. The first-order valence-electron chi connectivity index (χ1n) is 9.41. The number of carbonyl (C=O) groups excluding carboxylic acids is 1. The second kappa shape index (κ2) is 8.55. The number of piperazine rings is 1. The molecule has 1 aliphatic heterocycles. The standard InChI is InChI=1S/C21H22N6O2/c1-29-18-5-3-17(4-6-18)25-19-15-16(7-10-22-19)20(28)26-11-13-27(14-12-26)21-23-8-2-9-24-21/h2-10,15H,11-14H2,1H3,(H,22,25). The number of hydrogen-bond donors (Lipinski definition) is 1. The van der Waals surface area contributed by atoms with E-state index in [1.54, 1.807) is 43.9 Å². The quantitative estimate of drug-likeness (QED) is 0.717. The zero-order chi connectivity index (χ0) is 20.1. The molecule has 0 radical (unpaired) electrons.